The van der Waals surface area contributed by atoms with Gasteiger partial charge in [0.2, 0.25) is 5.95 Å². The summed E-state index contributed by atoms with van der Waals surface area (Å²) in [6, 6.07) is 16.4. The van der Waals surface area contributed by atoms with Gasteiger partial charge in [0.15, 0.2) is 5.65 Å². The molecule has 0 radical (unpaired) electrons. The fourth-order valence-corrected chi connectivity index (χ4v) is 3.97. The molecule has 0 saturated carbocycles. The lowest BCUT2D eigenvalue weighted by molar-refractivity contribution is 0.569. The van der Waals surface area contributed by atoms with E-state index in [-0.39, 0.29) is 5.82 Å². The van der Waals surface area contributed by atoms with E-state index in [9.17, 15) is 4.39 Å². The first-order valence-electron chi connectivity index (χ1n) is 10.3. The maximum Gasteiger partial charge on any atom is 0.228 e. The number of halogens is 1. The van der Waals surface area contributed by atoms with E-state index in [0.29, 0.717) is 35.0 Å². The predicted molar refractivity (Wildman–Crippen MR) is 117 cm³/mol. The number of benzene rings is 2. The molecule has 7 heteroatoms. The molecule has 30 heavy (non-hydrogen) atoms. The van der Waals surface area contributed by atoms with Crippen LogP contribution in [0, 0.1) is 5.82 Å². The summed E-state index contributed by atoms with van der Waals surface area (Å²) in [5.41, 5.74) is 9.68. The van der Waals surface area contributed by atoms with Crippen molar-refractivity contribution in [3.8, 4) is 11.3 Å². The highest BCUT2D eigenvalue weighted by atomic mass is 19.1. The molecule has 0 bridgehead atoms. The van der Waals surface area contributed by atoms with Crippen LogP contribution in [0.2, 0.25) is 0 Å². The van der Waals surface area contributed by atoms with Crippen molar-refractivity contribution in [3.05, 3.63) is 66.0 Å². The van der Waals surface area contributed by atoms with E-state index in [1.807, 2.05) is 30.3 Å². The summed E-state index contributed by atoms with van der Waals surface area (Å²) >= 11 is 0. The number of rotatable bonds is 4. The standard InChI is InChI=1S/C23H23FN6/c24-18-11-9-17(10-12-18)20-19-21(25)30(15-16-7-3-1-4-8-16)28-22(19)27-23(26-20)29-13-5-2-6-14-29/h1,3-4,7-12H,2,5-6,13-15,25H2. The van der Waals surface area contributed by atoms with E-state index < -0.39 is 0 Å². The van der Waals surface area contributed by atoms with Crippen LogP contribution in [0.15, 0.2) is 54.6 Å². The Morgan fingerprint density at radius 1 is 0.900 bits per heavy atom. The zero-order chi connectivity index (χ0) is 20.5. The van der Waals surface area contributed by atoms with Gasteiger partial charge in [-0.05, 0) is 49.1 Å². The number of aromatic nitrogens is 4. The monoisotopic (exact) mass is 402 g/mol. The third kappa shape index (κ3) is 3.47. The Hall–Kier alpha value is -3.48. The minimum absolute atomic E-state index is 0.284. The summed E-state index contributed by atoms with van der Waals surface area (Å²) in [6.07, 6.45) is 3.47. The SMILES string of the molecule is Nc1c2c(-c3ccc(F)cc3)nc(N3CCCCC3)nc2nn1Cc1ccccc1. The molecule has 3 heterocycles. The molecule has 1 aliphatic heterocycles. The van der Waals surface area contributed by atoms with E-state index >= 15 is 0 Å². The average Bonchev–Trinajstić information content (AvgIpc) is 3.10. The lowest BCUT2D eigenvalue weighted by Crippen LogP contribution is -2.31. The number of anilines is 2. The maximum absolute atomic E-state index is 13.5. The van der Waals surface area contributed by atoms with Crippen molar-refractivity contribution in [1.82, 2.24) is 19.7 Å². The molecule has 0 unspecified atom stereocenters. The Kier molecular flexibility index (Phi) is 4.78. The molecular formula is C23H23FN6. The number of fused-ring (bicyclic) bond motifs is 1. The Morgan fingerprint density at radius 2 is 1.63 bits per heavy atom. The molecule has 2 aromatic carbocycles. The number of nitrogens with zero attached hydrogens (tertiary/aromatic N) is 5. The molecule has 0 atom stereocenters. The van der Waals surface area contributed by atoms with Crippen molar-refractivity contribution in [2.45, 2.75) is 25.8 Å². The van der Waals surface area contributed by atoms with Crippen LogP contribution in [0.4, 0.5) is 16.2 Å². The van der Waals surface area contributed by atoms with E-state index in [0.717, 1.165) is 37.1 Å². The van der Waals surface area contributed by atoms with Gasteiger partial charge >= 0.3 is 0 Å². The van der Waals surface area contributed by atoms with Crippen LogP contribution in [0.1, 0.15) is 24.8 Å². The normalized spacial score (nSPS) is 14.4. The maximum atomic E-state index is 13.5. The van der Waals surface area contributed by atoms with Gasteiger partial charge in [0, 0.05) is 18.7 Å². The van der Waals surface area contributed by atoms with Crippen molar-refractivity contribution in [2.75, 3.05) is 23.7 Å². The lowest BCUT2D eigenvalue weighted by atomic mass is 10.1. The molecule has 4 aromatic rings. The number of piperidine rings is 1. The first kappa shape index (κ1) is 18.5. The second-order valence-electron chi connectivity index (χ2n) is 7.65. The largest absolute Gasteiger partial charge is 0.383 e. The summed E-state index contributed by atoms with van der Waals surface area (Å²) < 4.78 is 15.3. The quantitative estimate of drug-likeness (QED) is 0.552. The third-order valence-electron chi connectivity index (χ3n) is 5.56. The van der Waals surface area contributed by atoms with E-state index in [1.165, 1.54) is 18.6 Å². The molecule has 1 fully saturated rings. The zero-order valence-electron chi connectivity index (χ0n) is 16.6. The van der Waals surface area contributed by atoms with E-state index in [4.69, 9.17) is 20.8 Å². The molecule has 152 valence electrons. The second kappa shape index (κ2) is 7.74. The summed E-state index contributed by atoms with van der Waals surface area (Å²) in [7, 11) is 0. The average molecular weight is 402 g/mol. The molecule has 0 aliphatic carbocycles. The molecule has 1 aliphatic rings. The minimum Gasteiger partial charge on any atom is -0.383 e. The van der Waals surface area contributed by atoms with Crippen LogP contribution in [0.3, 0.4) is 0 Å². The van der Waals surface area contributed by atoms with Crippen LogP contribution >= 0.6 is 0 Å². The smallest absolute Gasteiger partial charge is 0.228 e. The number of nitrogens with two attached hydrogens (primary N) is 1. The first-order chi connectivity index (χ1) is 14.7. The van der Waals surface area contributed by atoms with Crippen LogP contribution in [0.5, 0.6) is 0 Å². The van der Waals surface area contributed by atoms with Gasteiger partial charge in [-0.25, -0.2) is 14.1 Å². The molecule has 0 spiro atoms. The van der Waals surface area contributed by atoms with Crippen LogP contribution < -0.4 is 10.6 Å². The van der Waals surface area contributed by atoms with Crippen LogP contribution in [-0.2, 0) is 6.54 Å². The first-order valence-corrected chi connectivity index (χ1v) is 10.3. The van der Waals surface area contributed by atoms with Gasteiger partial charge < -0.3 is 10.6 Å². The Morgan fingerprint density at radius 3 is 2.37 bits per heavy atom. The zero-order valence-corrected chi connectivity index (χ0v) is 16.6. The van der Waals surface area contributed by atoms with Gasteiger partial charge in [0.05, 0.1) is 17.6 Å². The van der Waals surface area contributed by atoms with Crippen molar-refractivity contribution >= 4 is 22.8 Å². The van der Waals surface area contributed by atoms with Gasteiger partial charge in [0.25, 0.3) is 0 Å². The summed E-state index contributed by atoms with van der Waals surface area (Å²) in [6.45, 7) is 2.40. The third-order valence-corrected chi connectivity index (χ3v) is 5.56. The second-order valence-corrected chi connectivity index (χ2v) is 7.65. The van der Waals surface area contributed by atoms with Crippen molar-refractivity contribution in [2.24, 2.45) is 0 Å². The highest BCUT2D eigenvalue weighted by molar-refractivity contribution is 5.99. The fraction of sp³-hybridized carbons (Fsp3) is 0.261. The molecule has 0 amide bonds. The lowest BCUT2D eigenvalue weighted by Gasteiger charge is -2.26. The van der Waals surface area contributed by atoms with E-state index in [1.54, 1.807) is 16.8 Å². The summed E-state index contributed by atoms with van der Waals surface area (Å²) in [5.74, 6) is 0.886. The van der Waals surface area contributed by atoms with Crippen LogP contribution in [0.25, 0.3) is 22.3 Å². The molecular weight excluding hydrogens is 379 g/mol. The van der Waals surface area contributed by atoms with Gasteiger partial charge in [-0.1, -0.05) is 30.3 Å². The minimum atomic E-state index is -0.284. The topological polar surface area (TPSA) is 72.9 Å². The number of hydrogen-bond acceptors (Lipinski definition) is 5. The van der Waals surface area contributed by atoms with Gasteiger partial charge in [0.1, 0.15) is 11.6 Å². The van der Waals surface area contributed by atoms with Crippen LogP contribution in [-0.4, -0.2) is 32.8 Å². The Bertz CT molecular complexity index is 1160. The van der Waals surface area contributed by atoms with Gasteiger partial charge in [-0.2, -0.15) is 4.98 Å². The van der Waals surface area contributed by atoms with Crippen molar-refractivity contribution in [3.63, 3.8) is 0 Å². The molecule has 5 rings (SSSR count). The number of hydrogen-bond donors (Lipinski definition) is 1. The Balaban J connectivity index is 1.66. The molecule has 6 nitrogen and oxygen atoms in total. The van der Waals surface area contributed by atoms with Crippen molar-refractivity contribution in [1.29, 1.82) is 0 Å². The highest BCUT2D eigenvalue weighted by Gasteiger charge is 2.22. The van der Waals surface area contributed by atoms with Crippen molar-refractivity contribution < 1.29 is 4.39 Å². The van der Waals surface area contributed by atoms with Gasteiger partial charge in [-0.3, -0.25) is 0 Å². The molecule has 1 saturated heterocycles. The van der Waals surface area contributed by atoms with Gasteiger partial charge in [-0.15, -0.1) is 5.10 Å². The predicted octanol–water partition coefficient (Wildman–Crippen LogP) is 4.25. The molecule has 2 aromatic heterocycles. The van der Waals surface area contributed by atoms with E-state index in [2.05, 4.69) is 4.90 Å². The summed E-state index contributed by atoms with van der Waals surface area (Å²) in [4.78, 5) is 11.8. The highest BCUT2D eigenvalue weighted by Crippen LogP contribution is 2.33. The number of nitrogen functional groups attached to an aromatic ring is 1. The fourth-order valence-electron chi connectivity index (χ4n) is 3.97. The Labute approximate surface area is 174 Å². The summed E-state index contributed by atoms with van der Waals surface area (Å²) in [5, 5.41) is 5.41. The molecule has 2 N–H and O–H groups in total.